The molecule has 0 saturated carbocycles. The van der Waals surface area contributed by atoms with E-state index in [0.717, 1.165) is 21.3 Å². The Bertz CT molecular complexity index is 1340. The molecule has 0 atom stereocenters. The lowest BCUT2D eigenvalue weighted by atomic mass is 10.1. The number of sulfonamides is 1. The summed E-state index contributed by atoms with van der Waals surface area (Å²) in [5.74, 6) is 2.18. The van der Waals surface area contributed by atoms with Crippen LogP contribution in [0.1, 0.15) is 35.3 Å². The molecule has 2 aromatic carbocycles. The Morgan fingerprint density at radius 2 is 1.81 bits per heavy atom. The number of terminal acetylenes is 1. The van der Waals surface area contributed by atoms with Crippen LogP contribution in [0.5, 0.6) is 0 Å². The minimum Gasteiger partial charge on any atom is -0.305 e. The van der Waals surface area contributed by atoms with Gasteiger partial charge in [-0.3, -0.25) is 4.79 Å². The highest BCUT2D eigenvalue weighted by atomic mass is 32.2. The molecule has 1 aromatic heterocycles. The molecule has 0 radical (unpaired) electrons. The average Bonchev–Trinajstić information content (AvgIpc) is 3.06. The smallest absolute Gasteiger partial charge is 0.279 e. The van der Waals surface area contributed by atoms with Gasteiger partial charge in [0, 0.05) is 18.7 Å². The first-order valence-corrected chi connectivity index (χ1v) is 12.2. The third-order valence-electron chi connectivity index (χ3n) is 5.01. The van der Waals surface area contributed by atoms with Crippen molar-refractivity contribution in [3.05, 3.63) is 57.9 Å². The summed E-state index contributed by atoms with van der Waals surface area (Å²) in [4.78, 5) is 17.8. The van der Waals surface area contributed by atoms with Crippen molar-refractivity contribution in [3.8, 4) is 12.3 Å². The molecule has 0 aliphatic rings. The molecule has 1 heterocycles. The number of carbonyl (C=O) groups excluding carboxylic acids is 1. The van der Waals surface area contributed by atoms with Gasteiger partial charge in [0.2, 0.25) is 10.0 Å². The molecule has 0 unspecified atom stereocenters. The highest BCUT2D eigenvalue weighted by Crippen LogP contribution is 2.23. The number of benzene rings is 2. The lowest BCUT2D eigenvalue weighted by Gasteiger charge is -2.18. The topological polar surface area (TPSA) is 71.7 Å². The van der Waals surface area contributed by atoms with Crippen LogP contribution in [0.15, 0.2) is 46.3 Å². The van der Waals surface area contributed by atoms with Crippen molar-refractivity contribution in [1.29, 1.82) is 0 Å². The van der Waals surface area contributed by atoms with Crippen LogP contribution in [0.25, 0.3) is 10.2 Å². The van der Waals surface area contributed by atoms with Crippen LogP contribution in [-0.2, 0) is 16.6 Å². The number of rotatable bonds is 6. The number of fused-ring (bicyclic) bond motifs is 1. The van der Waals surface area contributed by atoms with Gasteiger partial charge in [0.25, 0.3) is 5.91 Å². The molecule has 3 aromatic rings. The average molecular weight is 456 g/mol. The summed E-state index contributed by atoms with van der Waals surface area (Å²) in [6.45, 7) is 8.68. The zero-order valence-electron chi connectivity index (χ0n) is 18.0. The molecule has 0 N–H and O–H groups in total. The van der Waals surface area contributed by atoms with Gasteiger partial charge in [-0.2, -0.15) is 9.30 Å². The summed E-state index contributed by atoms with van der Waals surface area (Å²) in [6.07, 6.45) is 5.55. The van der Waals surface area contributed by atoms with E-state index in [1.54, 1.807) is 13.8 Å². The van der Waals surface area contributed by atoms with Crippen LogP contribution in [0.2, 0.25) is 0 Å². The Morgan fingerprint density at radius 3 is 2.39 bits per heavy atom. The zero-order valence-corrected chi connectivity index (χ0v) is 19.7. The quantitative estimate of drug-likeness (QED) is 0.532. The number of aryl methyl sites for hydroxylation is 2. The van der Waals surface area contributed by atoms with Gasteiger partial charge in [0.1, 0.15) is 0 Å². The maximum Gasteiger partial charge on any atom is 0.279 e. The molecule has 0 aliphatic carbocycles. The Morgan fingerprint density at radius 1 is 1.16 bits per heavy atom. The Kier molecular flexibility index (Phi) is 6.80. The number of thiazole rings is 1. The molecule has 3 rings (SSSR count). The van der Waals surface area contributed by atoms with E-state index in [2.05, 4.69) is 17.0 Å². The summed E-state index contributed by atoms with van der Waals surface area (Å²) in [6, 6.07) is 10.0. The van der Waals surface area contributed by atoms with Gasteiger partial charge in [0.15, 0.2) is 4.80 Å². The molecule has 0 aliphatic heterocycles. The van der Waals surface area contributed by atoms with Crippen LogP contribution >= 0.6 is 11.3 Å². The number of nitrogens with zero attached hydrogens (tertiary/aromatic N) is 3. The van der Waals surface area contributed by atoms with Crippen molar-refractivity contribution < 1.29 is 13.2 Å². The summed E-state index contributed by atoms with van der Waals surface area (Å²) < 4.78 is 29.5. The van der Waals surface area contributed by atoms with Gasteiger partial charge in [-0.05, 0) is 55.3 Å². The Balaban J connectivity index is 2.03. The number of hydrogen-bond acceptors (Lipinski definition) is 4. The SMILES string of the molecule is C#CCn1c(=NC(=O)c2ccc(S(=O)(=O)N(CC)CC)cc2)sc2c(C)cc(C)cc21. The van der Waals surface area contributed by atoms with Gasteiger partial charge in [-0.1, -0.05) is 37.2 Å². The van der Waals surface area contributed by atoms with Crippen molar-refractivity contribution >= 4 is 37.5 Å². The molecule has 1 amide bonds. The monoisotopic (exact) mass is 455 g/mol. The highest BCUT2D eigenvalue weighted by Gasteiger charge is 2.21. The first-order valence-electron chi connectivity index (χ1n) is 9.96. The van der Waals surface area contributed by atoms with Crippen molar-refractivity contribution in [2.45, 2.75) is 39.1 Å². The van der Waals surface area contributed by atoms with E-state index in [4.69, 9.17) is 6.42 Å². The fraction of sp³-hybridized carbons (Fsp3) is 0.304. The minimum absolute atomic E-state index is 0.156. The lowest BCUT2D eigenvalue weighted by Crippen LogP contribution is -2.30. The predicted octanol–water partition coefficient (Wildman–Crippen LogP) is 3.72. The van der Waals surface area contributed by atoms with Crippen molar-refractivity contribution in [3.63, 3.8) is 0 Å². The van der Waals surface area contributed by atoms with Gasteiger partial charge >= 0.3 is 0 Å². The molecular weight excluding hydrogens is 430 g/mol. The standard InChI is InChI=1S/C23H25N3O3S2/c1-6-13-26-20-15-16(4)14-17(5)21(20)30-23(26)24-22(27)18-9-11-19(12-10-18)31(28,29)25(7-2)8-3/h1,9-12,14-15H,7-8,13H2,2-5H3. The third kappa shape index (κ3) is 4.49. The number of amides is 1. The van der Waals surface area contributed by atoms with Gasteiger partial charge in [-0.25, -0.2) is 8.42 Å². The van der Waals surface area contributed by atoms with Crippen LogP contribution in [-0.4, -0.2) is 36.3 Å². The summed E-state index contributed by atoms with van der Waals surface area (Å²) in [5, 5.41) is 0. The molecule has 31 heavy (non-hydrogen) atoms. The lowest BCUT2D eigenvalue weighted by molar-refractivity contribution is 0.0998. The maximum atomic E-state index is 12.8. The minimum atomic E-state index is -3.58. The summed E-state index contributed by atoms with van der Waals surface area (Å²) >= 11 is 1.42. The second-order valence-electron chi connectivity index (χ2n) is 7.14. The summed E-state index contributed by atoms with van der Waals surface area (Å²) in [7, 11) is -3.58. The number of hydrogen-bond donors (Lipinski definition) is 0. The molecule has 6 nitrogen and oxygen atoms in total. The van der Waals surface area contributed by atoms with E-state index in [0.29, 0.717) is 30.0 Å². The fourth-order valence-electron chi connectivity index (χ4n) is 3.48. The van der Waals surface area contributed by atoms with E-state index >= 15 is 0 Å². The maximum absolute atomic E-state index is 12.8. The highest BCUT2D eigenvalue weighted by molar-refractivity contribution is 7.89. The second kappa shape index (κ2) is 9.18. The van der Waals surface area contributed by atoms with Crippen LogP contribution in [0.3, 0.4) is 0 Å². The van der Waals surface area contributed by atoms with Gasteiger partial charge in [0.05, 0.1) is 21.7 Å². The van der Waals surface area contributed by atoms with Crippen LogP contribution in [0.4, 0.5) is 0 Å². The molecule has 8 heteroatoms. The van der Waals surface area contributed by atoms with Crippen LogP contribution in [0, 0.1) is 26.2 Å². The number of carbonyl (C=O) groups is 1. The van der Waals surface area contributed by atoms with E-state index < -0.39 is 15.9 Å². The molecule has 0 saturated heterocycles. The molecule has 0 bridgehead atoms. The van der Waals surface area contributed by atoms with Gasteiger partial charge in [-0.15, -0.1) is 6.42 Å². The molecule has 0 spiro atoms. The predicted molar refractivity (Wildman–Crippen MR) is 125 cm³/mol. The molecular formula is C23H25N3O3S2. The van der Waals surface area contributed by atoms with Crippen molar-refractivity contribution in [2.75, 3.05) is 13.1 Å². The fourth-order valence-corrected chi connectivity index (χ4v) is 6.01. The first kappa shape index (κ1) is 22.9. The Labute approximate surface area is 186 Å². The largest absolute Gasteiger partial charge is 0.305 e. The van der Waals surface area contributed by atoms with E-state index in [9.17, 15) is 13.2 Å². The summed E-state index contributed by atoms with van der Waals surface area (Å²) in [5.41, 5.74) is 3.48. The van der Waals surface area contributed by atoms with Gasteiger partial charge < -0.3 is 4.57 Å². The second-order valence-corrected chi connectivity index (χ2v) is 10.1. The van der Waals surface area contributed by atoms with Crippen molar-refractivity contribution in [2.24, 2.45) is 4.99 Å². The van der Waals surface area contributed by atoms with Crippen molar-refractivity contribution in [1.82, 2.24) is 8.87 Å². The van der Waals surface area contributed by atoms with E-state index in [-0.39, 0.29) is 4.90 Å². The normalized spacial score (nSPS) is 12.5. The molecule has 0 fully saturated rings. The Hall–Kier alpha value is -2.73. The first-order chi connectivity index (χ1) is 14.7. The van der Waals surface area contributed by atoms with Crippen LogP contribution < -0.4 is 4.80 Å². The zero-order chi connectivity index (χ0) is 22.8. The third-order valence-corrected chi connectivity index (χ3v) is 8.30. The molecule has 162 valence electrons. The van der Waals surface area contributed by atoms with E-state index in [1.165, 1.54) is 39.9 Å². The van der Waals surface area contributed by atoms with E-state index in [1.807, 2.05) is 24.5 Å². The number of aromatic nitrogens is 1.